The summed E-state index contributed by atoms with van der Waals surface area (Å²) in [7, 11) is 0. The van der Waals surface area contributed by atoms with Gasteiger partial charge in [-0.15, -0.1) is 0 Å². The van der Waals surface area contributed by atoms with Gasteiger partial charge in [-0.3, -0.25) is 4.79 Å². The topological polar surface area (TPSA) is 75.1 Å². The summed E-state index contributed by atoms with van der Waals surface area (Å²) in [5.41, 5.74) is -0.155. The van der Waals surface area contributed by atoms with Crippen molar-refractivity contribution < 1.29 is 9.90 Å². The average molecular weight is 301 g/mol. The summed E-state index contributed by atoms with van der Waals surface area (Å²) < 4.78 is 0. The van der Waals surface area contributed by atoms with Crippen LogP contribution in [0.2, 0.25) is 0 Å². The number of Topliss-reactive ketones (excluding diaryl/α,β-unsaturated/α-hetero) is 1. The Morgan fingerprint density at radius 1 is 1.32 bits per heavy atom. The number of anilines is 1. The minimum absolute atomic E-state index is 0.0363. The molecule has 2 bridgehead atoms. The largest absolute Gasteiger partial charge is 0.389 e. The van der Waals surface area contributed by atoms with Crippen molar-refractivity contribution in [2.24, 2.45) is 5.41 Å². The molecule has 0 amide bonds. The molecular formula is C17H23N3O2. The van der Waals surface area contributed by atoms with Gasteiger partial charge in [0, 0.05) is 12.2 Å². The van der Waals surface area contributed by atoms with E-state index in [4.69, 9.17) is 4.98 Å². The van der Waals surface area contributed by atoms with E-state index in [2.05, 4.69) is 10.3 Å². The Labute approximate surface area is 130 Å². The fourth-order valence-electron chi connectivity index (χ4n) is 5.05. The highest BCUT2D eigenvalue weighted by Gasteiger charge is 2.85. The molecule has 118 valence electrons. The SMILES string of the molecule is CC(=O)c1cnc(C23CC24CCC3(O)CC4)nc1NC(C)C. The van der Waals surface area contributed by atoms with E-state index in [0.717, 1.165) is 37.9 Å². The third-order valence-corrected chi connectivity index (χ3v) is 6.19. The molecule has 5 heteroatoms. The summed E-state index contributed by atoms with van der Waals surface area (Å²) in [6.45, 7) is 5.58. The molecule has 1 aromatic heterocycles. The van der Waals surface area contributed by atoms with Crippen LogP contribution in [-0.2, 0) is 5.41 Å². The maximum absolute atomic E-state index is 11.8. The summed E-state index contributed by atoms with van der Waals surface area (Å²) in [5.74, 6) is 1.31. The zero-order chi connectivity index (χ0) is 15.8. The standard InChI is InChI=1S/C17H23N3O2/c1-10(2)19-13-12(11(3)21)8-18-14(20-13)17-9-15(17)4-6-16(17,22)7-5-15/h8,10,22H,4-7,9H2,1-3H3,(H,18,19,20). The van der Waals surface area contributed by atoms with Crippen LogP contribution in [0.1, 0.15) is 69.1 Å². The van der Waals surface area contributed by atoms with E-state index in [0.29, 0.717) is 11.4 Å². The van der Waals surface area contributed by atoms with Crippen LogP contribution in [0.3, 0.4) is 0 Å². The molecule has 3 saturated carbocycles. The number of nitrogens with zero attached hydrogens (tertiary/aromatic N) is 2. The minimum atomic E-state index is -0.639. The lowest BCUT2D eigenvalue weighted by Crippen LogP contribution is -2.39. The molecule has 1 atom stereocenters. The van der Waals surface area contributed by atoms with Gasteiger partial charge >= 0.3 is 0 Å². The Morgan fingerprint density at radius 2 is 2.00 bits per heavy atom. The first kappa shape index (κ1) is 14.1. The zero-order valence-corrected chi connectivity index (χ0v) is 13.4. The number of aliphatic hydroxyl groups is 1. The lowest BCUT2D eigenvalue weighted by Gasteiger charge is -2.30. The summed E-state index contributed by atoms with van der Waals surface area (Å²) >= 11 is 0. The molecule has 5 nitrogen and oxygen atoms in total. The Balaban J connectivity index is 1.80. The third kappa shape index (κ3) is 1.50. The van der Waals surface area contributed by atoms with Crippen LogP contribution in [0, 0.1) is 5.41 Å². The van der Waals surface area contributed by atoms with E-state index in [9.17, 15) is 9.90 Å². The second-order valence-corrected chi connectivity index (χ2v) is 7.71. The van der Waals surface area contributed by atoms with Gasteiger partial charge in [-0.2, -0.15) is 0 Å². The predicted octanol–water partition coefficient (Wildman–Crippen LogP) is 2.45. The second kappa shape index (κ2) is 4.07. The van der Waals surface area contributed by atoms with Crippen LogP contribution in [-0.4, -0.2) is 32.5 Å². The van der Waals surface area contributed by atoms with Crippen LogP contribution in [0.25, 0.3) is 0 Å². The highest BCUT2D eigenvalue weighted by atomic mass is 16.3. The molecule has 1 heterocycles. The van der Waals surface area contributed by atoms with Gasteiger partial charge in [-0.05, 0) is 58.3 Å². The molecule has 22 heavy (non-hydrogen) atoms. The van der Waals surface area contributed by atoms with E-state index < -0.39 is 5.60 Å². The second-order valence-electron chi connectivity index (χ2n) is 7.71. The zero-order valence-electron chi connectivity index (χ0n) is 13.4. The first-order valence-electron chi connectivity index (χ1n) is 8.21. The third-order valence-electron chi connectivity index (χ3n) is 6.19. The summed E-state index contributed by atoms with van der Waals surface area (Å²) in [5, 5.41) is 14.3. The van der Waals surface area contributed by atoms with Gasteiger partial charge in [-0.1, -0.05) is 0 Å². The maximum Gasteiger partial charge on any atom is 0.165 e. The lowest BCUT2D eigenvalue weighted by molar-refractivity contribution is 0.00560. The number of rotatable bonds is 4. The molecular weight excluding hydrogens is 278 g/mol. The Morgan fingerprint density at radius 3 is 2.45 bits per heavy atom. The molecule has 0 aromatic carbocycles. The average Bonchev–Trinajstić information content (AvgIpc) is 2.99. The Kier molecular flexibility index (Phi) is 2.62. The van der Waals surface area contributed by atoms with Crippen LogP contribution in [0.5, 0.6) is 0 Å². The highest BCUT2D eigenvalue weighted by Crippen LogP contribution is 2.83. The lowest BCUT2D eigenvalue weighted by atomic mass is 9.83. The number of nitrogens with one attached hydrogen (secondary N) is 1. The van der Waals surface area contributed by atoms with E-state index in [1.165, 1.54) is 6.92 Å². The van der Waals surface area contributed by atoms with E-state index in [-0.39, 0.29) is 22.7 Å². The molecule has 3 aliphatic rings. The van der Waals surface area contributed by atoms with Gasteiger partial charge in [0.15, 0.2) is 5.78 Å². The Bertz CT molecular complexity index is 662. The first-order valence-corrected chi connectivity index (χ1v) is 8.21. The van der Waals surface area contributed by atoms with Crippen LogP contribution in [0.4, 0.5) is 5.82 Å². The Hall–Kier alpha value is -1.49. The van der Waals surface area contributed by atoms with Crippen molar-refractivity contribution in [3.63, 3.8) is 0 Å². The molecule has 3 aliphatic carbocycles. The summed E-state index contributed by atoms with van der Waals surface area (Å²) in [6.07, 6.45) is 6.51. The van der Waals surface area contributed by atoms with Crippen LogP contribution >= 0.6 is 0 Å². The summed E-state index contributed by atoms with van der Waals surface area (Å²) in [4.78, 5) is 21.0. The monoisotopic (exact) mass is 301 g/mol. The van der Waals surface area contributed by atoms with Gasteiger partial charge in [-0.25, -0.2) is 9.97 Å². The van der Waals surface area contributed by atoms with Crippen LogP contribution < -0.4 is 5.32 Å². The van der Waals surface area contributed by atoms with Crippen molar-refractivity contribution in [3.8, 4) is 0 Å². The molecule has 1 aromatic rings. The minimum Gasteiger partial charge on any atom is -0.389 e. The number of carbonyl (C=O) groups excluding carboxylic acids is 1. The van der Waals surface area contributed by atoms with E-state index >= 15 is 0 Å². The van der Waals surface area contributed by atoms with Crippen molar-refractivity contribution in [1.29, 1.82) is 0 Å². The molecule has 0 saturated heterocycles. The molecule has 4 rings (SSSR count). The predicted molar refractivity (Wildman–Crippen MR) is 82.9 cm³/mol. The number of hydrogen-bond acceptors (Lipinski definition) is 5. The summed E-state index contributed by atoms with van der Waals surface area (Å²) in [6, 6.07) is 0.190. The van der Waals surface area contributed by atoms with E-state index in [1.54, 1.807) is 6.20 Å². The maximum atomic E-state index is 11.8. The van der Waals surface area contributed by atoms with Crippen LogP contribution in [0.15, 0.2) is 6.20 Å². The van der Waals surface area contributed by atoms with Crippen molar-refractivity contribution in [2.75, 3.05) is 5.32 Å². The molecule has 1 unspecified atom stereocenters. The van der Waals surface area contributed by atoms with Crippen molar-refractivity contribution in [1.82, 2.24) is 9.97 Å². The molecule has 3 fully saturated rings. The fraction of sp³-hybridized carbons (Fsp3) is 0.706. The van der Waals surface area contributed by atoms with Gasteiger partial charge < -0.3 is 10.4 Å². The quantitative estimate of drug-likeness (QED) is 0.836. The van der Waals surface area contributed by atoms with Gasteiger partial charge in [0.25, 0.3) is 0 Å². The molecule has 0 radical (unpaired) electrons. The smallest absolute Gasteiger partial charge is 0.165 e. The fourth-order valence-corrected chi connectivity index (χ4v) is 5.05. The van der Waals surface area contributed by atoms with Gasteiger partial charge in [0.2, 0.25) is 0 Å². The molecule has 0 spiro atoms. The van der Waals surface area contributed by atoms with Crippen molar-refractivity contribution in [3.05, 3.63) is 17.6 Å². The van der Waals surface area contributed by atoms with Gasteiger partial charge in [0.1, 0.15) is 11.6 Å². The van der Waals surface area contributed by atoms with Gasteiger partial charge in [0.05, 0.1) is 16.6 Å². The van der Waals surface area contributed by atoms with Crippen molar-refractivity contribution in [2.45, 2.75) is 69.9 Å². The van der Waals surface area contributed by atoms with Crippen molar-refractivity contribution >= 4 is 11.6 Å². The number of hydrogen-bond donors (Lipinski definition) is 2. The van der Waals surface area contributed by atoms with E-state index in [1.807, 2.05) is 13.8 Å². The number of carbonyl (C=O) groups is 1. The first-order chi connectivity index (χ1) is 10.3. The normalized spacial score (nSPS) is 38.2. The number of aromatic nitrogens is 2. The number of ketones is 1. The molecule has 2 N–H and O–H groups in total. The highest BCUT2D eigenvalue weighted by molar-refractivity contribution is 5.98. The molecule has 0 aliphatic heterocycles.